The zero-order valence-corrected chi connectivity index (χ0v) is 11.1. The number of aromatic carboxylic acids is 1. The third-order valence-electron chi connectivity index (χ3n) is 3.56. The number of nitrogens with two attached hydrogens (primary N) is 1. The molecule has 1 unspecified atom stereocenters. The van der Waals surface area contributed by atoms with Gasteiger partial charge in [-0.2, -0.15) is 0 Å². The average molecular weight is 269 g/mol. The molecule has 3 N–H and O–H groups in total. The van der Waals surface area contributed by atoms with Crippen LogP contribution in [0.4, 0.5) is 17.2 Å². The Morgan fingerprint density at radius 1 is 1.35 bits per heavy atom. The van der Waals surface area contributed by atoms with Crippen molar-refractivity contribution in [2.75, 3.05) is 10.6 Å². The van der Waals surface area contributed by atoms with E-state index in [0.717, 1.165) is 12.1 Å². The molecule has 5 heteroatoms. The number of carboxylic acids is 1. The summed E-state index contributed by atoms with van der Waals surface area (Å²) in [6, 6.07) is 11.3. The number of para-hydroxylation sites is 1. The zero-order valence-electron chi connectivity index (χ0n) is 11.1. The molecule has 0 saturated carbocycles. The first kappa shape index (κ1) is 12.5. The fourth-order valence-corrected chi connectivity index (χ4v) is 2.66. The van der Waals surface area contributed by atoms with Gasteiger partial charge in [0.05, 0.1) is 5.69 Å². The minimum Gasteiger partial charge on any atom is -0.477 e. The highest BCUT2D eigenvalue weighted by molar-refractivity contribution is 5.88. The molecule has 2 heterocycles. The highest BCUT2D eigenvalue weighted by atomic mass is 16.4. The number of hydrogen-bond acceptors (Lipinski definition) is 4. The third-order valence-corrected chi connectivity index (χ3v) is 3.56. The molecule has 1 aromatic heterocycles. The second kappa shape index (κ2) is 4.52. The number of carboxylic acid groups (broad SMARTS) is 1. The van der Waals surface area contributed by atoms with Gasteiger partial charge in [0.2, 0.25) is 0 Å². The standard InChI is InChI=1S/C15H15N3O2/c1-9-8-10-4-2-3-5-13(10)18(9)14-11(16)6-7-12(17-14)15(19)20/h2-7,9H,8,16H2,1H3,(H,19,20). The van der Waals surface area contributed by atoms with Gasteiger partial charge in [-0.3, -0.25) is 0 Å². The number of aromatic nitrogens is 1. The summed E-state index contributed by atoms with van der Waals surface area (Å²) in [5.74, 6) is -0.534. The molecule has 1 aliphatic rings. The zero-order chi connectivity index (χ0) is 14.3. The van der Waals surface area contributed by atoms with E-state index in [0.29, 0.717) is 11.5 Å². The van der Waals surface area contributed by atoms with Crippen molar-refractivity contribution in [2.45, 2.75) is 19.4 Å². The van der Waals surface area contributed by atoms with Crippen molar-refractivity contribution >= 4 is 23.2 Å². The molecule has 20 heavy (non-hydrogen) atoms. The second-order valence-corrected chi connectivity index (χ2v) is 4.97. The maximum absolute atomic E-state index is 11.1. The van der Waals surface area contributed by atoms with E-state index < -0.39 is 5.97 Å². The molecule has 3 rings (SSSR count). The molecule has 1 atom stereocenters. The molecule has 0 saturated heterocycles. The van der Waals surface area contributed by atoms with Gasteiger partial charge in [-0.1, -0.05) is 18.2 Å². The lowest BCUT2D eigenvalue weighted by Gasteiger charge is -2.25. The van der Waals surface area contributed by atoms with E-state index in [1.54, 1.807) is 6.07 Å². The Bertz CT molecular complexity index is 685. The van der Waals surface area contributed by atoms with Crippen molar-refractivity contribution in [3.05, 3.63) is 47.7 Å². The molecular formula is C15H15N3O2. The van der Waals surface area contributed by atoms with Crippen molar-refractivity contribution in [3.63, 3.8) is 0 Å². The molecule has 0 spiro atoms. The molecule has 2 aromatic rings. The van der Waals surface area contributed by atoms with Gasteiger partial charge in [-0.05, 0) is 37.1 Å². The number of anilines is 3. The van der Waals surface area contributed by atoms with Crippen LogP contribution >= 0.6 is 0 Å². The van der Waals surface area contributed by atoms with Crippen molar-refractivity contribution in [3.8, 4) is 0 Å². The van der Waals surface area contributed by atoms with Crippen LogP contribution in [0.2, 0.25) is 0 Å². The van der Waals surface area contributed by atoms with Gasteiger partial charge in [0.25, 0.3) is 0 Å². The van der Waals surface area contributed by atoms with Crippen molar-refractivity contribution in [1.29, 1.82) is 0 Å². The van der Waals surface area contributed by atoms with E-state index in [4.69, 9.17) is 10.8 Å². The number of hydrogen-bond donors (Lipinski definition) is 2. The van der Waals surface area contributed by atoms with Crippen LogP contribution < -0.4 is 10.6 Å². The van der Waals surface area contributed by atoms with Gasteiger partial charge < -0.3 is 15.7 Å². The predicted octanol–water partition coefficient (Wildman–Crippen LogP) is 2.44. The summed E-state index contributed by atoms with van der Waals surface area (Å²) in [4.78, 5) is 17.3. The smallest absolute Gasteiger partial charge is 0.354 e. The van der Waals surface area contributed by atoms with E-state index in [2.05, 4.69) is 18.0 Å². The largest absolute Gasteiger partial charge is 0.477 e. The lowest BCUT2D eigenvalue weighted by molar-refractivity contribution is 0.0690. The van der Waals surface area contributed by atoms with Crippen LogP contribution in [0.15, 0.2) is 36.4 Å². The Hall–Kier alpha value is -2.56. The lowest BCUT2D eigenvalue weighted by Crippen LogP contribution is -2.26. The van der Waals surface area contributed by atoms with Gasteiger partial charge in [0.1, 0.15) is 0 Å². The molecule has 1 aliphatic heterocycles. The van der Waals surface area contributed by atoms with Crippen LogP contribution in [-0.2, 0) is 6.42 Å². The van der Waals surface area contributed by atoms with Crippen LogP contribution in [0.25, 0.3) is 0 Å². The van der Waals surface area contributed by atoms with Crippen LogP contribution in [0.3, 0.4) is 0 Å². The Morgan fingerprint density at radius 3 is 2.85 bits per heavy atom. The minimum atomic E-state index is -1.05. The van der Waals surface area contributed by atoms with E-state index in [1.165, 1.54) is 11.6 Å². The lowest BCUT2D eigenvalue weighted by atomic mass is 10.1. The molecule has 0 radical (unpaired) electrons. The average Bonchev–Trinajstić information content (AvgIpc) is 2.75. The fourth-order valence-electron chi connectivity index (χ4n) is 2.66. The van der Waals surface area contributed by atoms with Gasteiger partial charge in [0, 0.05) is 11.7 Å². The molecular weight excluding hydrogens is 254 g/mol. The Kier molecular flexibility index (Phi) is 2.82. The molecule has 5 nitrogen and oxygen atoms in total. The number of carbonyl (C=O) groups is 1. The summed E-state index contributed by atoms with van der Waals surface area (Å²) in [7, 11) is 0. The summed E-state index contributed by atoms with van der Waals surface area (Å²) >= 11 is 0. The summed E-state index contributed by atoms with van der Waals surface area (Å²) in [5, 5.41) is 9.08. The highest BCUT2D eigenvalue weighted by Crippen LogP contribution is 2.39. The second-order valence-electron chi connectivity index (χ2n) is 4.97. The summed E-state index contributed by atoms with van der Waals surface area (Å²) in [6.45, 7) is 2.08. The molecule has 0 fully saturated rings. The molecule has 0 bridgehead atoms. The Balaban J connectivity index is 2.13. The molecule has 102 valence electrons. The van der Waals surface area contributed by atoms with E-state index in [-0.39, 0.29) is 11.7 Å². The first-order valence-corrected chi connectivity index (χ1v) is 6.45. The molecule has 0 amide bonds. The van der Waals surface area contributed by atoms with E-state index >= 15 is 0 Å². The Labute approximate surface area is 116 Å². The van der Waals surface area contributed by atoms with Crippen molar-refractivity contribution in [2.24, 2.45) is 0 Å². The maximum atomic E-state index is 11.1. The third kappa shape index (κ3) is 1.87. The maximum Gasteiger partial charge on any atom is 0.354 e. The normalized spacial score (nSPS) is 17.1. The van der Waals surface area contributed by atoms with Crippen molar-refractivity contribution in [1.82, 2.24) is 4.98 Å². The first-order chi connectivity index (χ1) is 9.58. The SMILES string of the molecule is CC1Cc2ccccc2N1c1nc(C(=O)O)ccc1N. The number of fused-ring (bicyclic) bond motifs is 1. The number of nitrogen functional groups attached to an aromatic ring is 1. The van der Waals surface area contributed by atoms with Gasteiger partial charge in [0.15, 0.2) is 11.5 Å². The quantitative estimate of drug-likeness (QED) is 0.875. The number of benzene rings is 1. The number of nitrogens with zero attached hydrogens (tertiary/aromatic N) is 2. The van der Waals surface area contributed by atoms with Crippen LogP contribution in [-0.4, -0.2) is 22.1 Å². The van der Waals surface area contributed by atoms with Gasteiger partial charge in [-0.25, -0.2) is 9.78 Å². The first-order valence-electron chi connectivity index (χ1n) is 6.45. The number of pyridine rings is 1. The number of rotatable bonds is 2. The van der Waals surface area contributed by atoms with Crippen LogP contribution in [0.5, 0.6) is 0 Å². The molecule has 0 aliphatic carbocycles. The highest BCUT2D eigenvalue weighted by Gasteiger charge is 2.29. The summed E-state index contributed by atoms with van der Waals surface area (Å²) in [5.41, 5.74) is 8.75. The van der Waals surface area contributed by atoms with Crippen molar-refractivity contribution < 1.29 is 9.90 Å². The van der Waals surface area contributed by atoms with Gasteiger partial charge >= 0.3 is 5.97 Å². The fraction of sp³-hybridized carbons (Fsp3) is 0.200. The summed E-state index contributed by atoms with van der Waals surface area (Å²) < 4.78 is 0. The monoisotopic (exact) mass is 269 g/mol. The summed E-state index contributed by atoms with van der Waals surface area (Å²) in [6.07, 6.45) is 0.897. The predicted molar refractivity (Wildman–Crippen MR) is 77.4 cm³/mol. The molecule has 1 aromatic carbocycles. The van der Waals surface area contributed by atoms with Crippen LogP contribution in [0.1, 0.15) is 23.0 Å². The topological polar surface area (TPSA) is 79.5 Å². The van der Waals surface area contributed by atoms with E-state index in [1.807, 2.05) is 23.1 Å². The minimum absolute atomic E-state index is 0.00535. The van der Waals surface area contributed by atoms with Gasteiger partial charge in [-0.15, -0.1) is 0 Å². The van der Waals surface area contributed by atoms with E-state index in [9.17, 15) is 4.79 Å². The van der Waals surface area contributed by atoms with Crippen LogP contribution in [0, 0.1) is 0 Å². The Morgan fingerprint density at radius 2 is 2.10 bits per heavy atom.